The van der Waals surface area contributed by atoms with Gasteiger partial charge in [0.25, 0.3) is 0 Å². The molecule has 0 aliphatic carbocycles. The molecule has 1 aromatic rings. The van der Waals surface area contributed by atoms with Gasteiger partial charge in [0.15, 0.2) is 0 Å². The van der Waals surface area contributed by atoms with Crippen molar-refractivity contribution in [2.45, 2.75) is 12.3 Å². The van der Waals surface area contributed by atoms with Gasteiger partial charge in [-0.15, -0.1) is 0 Å². The van der Waals surface area contributed by atoms with Gasteiger partial charge in [0, 0.05) is 26.1 Å². The Labute approximate surface area is 122 Å². The molecule has 1 rings (SSSR count). The first-order valence-electron chi connectivity index (χ1n) is 5.84. The number of ether oxygens (including phenoxy) is 1. The van der Waals surface area contributed by atoms with Crippen molar-refractivity contribution in [3.05, 3.63) is 33.8 Å². The summed E-state index contributed by atoms with van der Waals surface area (Å²) in [6.07, 6.45) is 0.113. The summed E-state index contributed by atoms with van der Waals surface area (Å²) in [5.74, 6) is -0.0242. The van der Waals surface area contributed by atoms with Crippen molar-refractivity contribution in [1.29, 1.82) is 0 Å². The van der Waals surface area contributed by atoms with Gasteiger partial charge in [-0.1, -0.05) is 29.3 Å². The van der Waals surface area contributed by atoms with Crippen LogP contribution in [0.15, 0.2) is 18.2 Å². The zero-order valence-corrected chi connectivity index (χ0v) is 12.4. The Balaban J connectivity index is 2.87. The Bertz CT molecular complexity index is 440. The predicted octanol–water partition coefficient (Wildman–Crippen LogP) is 3.16. The normalized spacial score (nSPS) is 12.1. The van der Waals surface area contributed by atoms with Crippen LogP contribution in [0.4, 0.5) is 4.79 Å². The van der Waals surface area contributed by atoms with Crippen molar-refractivity contribution in [3.63, 3.8) is 0 Å². The van der Waals surface area contributed by atoms with Gasteiger partial charge >= 0.3 is 6.09 Å². The lowest BCUT2D eigenvalue weighted by atomic mass is 9.95. The second kappa shape index (κ2) is 7.58. The van der Waals surface area contributed by atoms with E-state index in [1.807, 2.05) is 6.07 Å². The molecule has 106 valence electrons. The maximum absolute atomic E-state index is 11.4. The zero-order valence-electron chi connectivity index (χ0n) is 10.9. The molecule has 0 saturated heterocycles. The number of aliphatic hydroxyl groups excluding tert-OH is 1. The van der Waals surface area contributed by atoms with Gasteiger partial charge in [-0.3, -0.25) is 0 Å². The smallest absolute Gasteiger partial charge is 0.409 e. The van der Waals surface area contributed by atoms with Crippen LogP contribution >= 0.6 is 23.2 Å². The van der Waals surface area contributed by atoms with Gasteiger partial charge in [0.1, 0.15) is 0 Å². The maximum Gasteiger partial charge on any atom is 0.409 e. The summed E-state index contributed by atoms with van der Waals surface area (Å²) < 4.78 is 4.65. The molecule has 0 aliphatic heterocycles. The number of carbonyl (C=O) groups is 1. The third-order valence-electron chi connectivity index (χ3n) is 2.87. The fraction of sp³-hybridized carbons (Fsp3) is 0.462. The molecule has 1 aromatic carbocycles. The van der Waals surface area contributed by atoms with Crippen LogP contribution in [0.2, 0.25) is 10.0 Å². The number of halogens is 2. The van der Waals surface area contributed by atoms with E-state index >= 15 is 0 Å². The largest absolute Gasteiger partial charge is 0.453 e. The van der Waals surface area contributed by atoms with Crippen LogP contribution in [-0.4, -0.2) is 43.4 Å². The minimum absolute atomic E-state index is 0.0242. The number of benzene rings is 1. The van der Waals surface area contributed by atoms with E-state index in [-0.39, 0.29) is 12.5 Å². The monoisotopic (exact) mass is 305 g/mol. The van der Waals surface area contributed by atoms with E-state index in [1.54, 1.807) is 19.2 Å². The third kappa shape index (κ3) is 4.56. The number of hydrogen-bond donors (Lipinski definition) is 1. The summed E-state index contributed by atoms with van der Waals surface area (Å²) in [5.41, 5.74) is 0.930. The topological polar surface area (TPSA) is 49.8 Å². The average molecular weight is 306 g/mol. The molecular formula is C13H17Cl2NO3. The molecule has 19 heavy (non-hydrogen) atoms. The van der Waals surface area contributed by atoms with Crippen molar-refractivity contribution in [1.82, 2.24) is 4.90 Å². The summed E-state index contributed by atoms with van der Waals surface area (Å²) in [6.45, 7) is 0.463. The SMILES string of the molecule is COC(=O)N(C)C[C@@H](CCO)c1ccc(Cl)c(Cl)c1. The summed E-state index contributed by atoms with van der Waals surface area (Å²) in [5, 5.41) is 10.1. The lowest BCUT2D eigenvalue weighted by molar-refractivity contribution is 0.129. The number of carbonyl (C=O) groups excluding carboxylic acids is 1. The van der Waals surface area contributed by atoms with E-state index in [0.29, 0.717) is 23.0 Å². The van der Waals surface area contributed by atoms with Crippen LogP contribution in [0, 0.1) is 0 Å². The lowest BCUT2D eigenvalue weighted by Gasteiger charge is -2.23. The van der Waals surface area contributed by atoms with Crippen LogP contribution in [0.25, 0.3) is 0 Å². The maximum atomic E-state index is 11.4. The fourth-order valence-electron chi connectivity index (χ4n) is 1.85. The number of methoxy groups -OCH3 is 1. The molecule has 0 saturated carbocycles. The van der Waals surface area contributed by atoms with Gasteiger partial charge in [0.05, 0.1) is 17.2 Å². The highest BCUT2D eigenvalue weighted by Crippen LogP contribution is 2.28. The van der Waals surface area contributed by atoms with Gasteiger partial charge in [-0.25, -0.2) is 4.79 Å². The predicted molar refractivity (Wildman–Crippen MR) is 75.9 cm³/mol. The fourth-order valence-corrected chi connectivity index (χ4v) is 2.15. The highest BCUT2D eigenvalue weighted by Gasteiger charge is 2.18. The Hall–Kier alpha value is -0.970. The molecule has 0 spiro atoms. The molecule has 6 heteroatoms. The molecule has 1 atom stereocenters. The molecular weight excluding hydrogens is 289 g/mol. The molecule has 4 nitrogen and oxygen atoms in total. The minimum atomic E-state index is -0.414. The molecule has 0 fully saturated rings. The van der Waals surface area contributed by atoms with Crippen molar-refractivity contribution < 1.29 is 14.6 Å². The van der Waals surface area contributed by atoms with Gasteiger partial charge in [0.2, 0.25) is 0 Å². The van der Waals surface area contributed by atoms with Crippen LogP contribution in [0.1, 0.15) is 17.9 Å². The molecule has 0 unspecified atom stereocenters. The number of aliphatic hydroxyl groups is 1. The summed E-state index contributed by atoms with van der Waals surface area (Å²) in [4.78, 5) is 12.9. The van der Waals surface area contributed by atoms with Crippen molar-refractivity contribution >= 4 is 29.3 Å². The molecule has 0 heterocycles. The molecule has 1 N–H and O–H groups in total. The van der Waals surface area contributed by atoms with Crippen molar-refractivity contribution in [3.8, 4) is 0 Å². The first kappa shape index (κ1) is 16.1. The number of hydrogen-bond acceptors (Lipinski definition) is 3. The number of nitrogens with zero attached hydrogens (tertiary/aromatic N) is 1. The second-order valence-electron chi connectivity index (χ2n) is 4.23. The molecule has 0 aliphatic rings. The first-order valence-corrected chi connectivity index (χ1v) is 6.60. The Morgan fingerprint density at radius 1 is 1.42 bits per heavy atom. The number of likely N-dealkylation sites (N-methyl/N-ethyl adjacent to an activating group) is 1. The van der Waals surface area contributed by atoms with Gasteiger partial charge in [-0.2, -0.15) is 0 Å². The van der Waals surface area contributed by atoms with Gasteiger partial charge < -0.3 is 14.7 Å². The minimum Gasteiger partial charge on any atom is -0.453 e. The van der Waals surface area contributed by atoms with Crippen molar-refractivity contribution in [2.75, 3.05) is 27.3 Å². The molecule has 0 bridgehead atoms. The summed E-state index contributed by atoms with van der Waals surface area (Å²) in [6, 6.07) is 5.32. The first-order chi connectivity index (χ1) is 8.99. The summed E-state index contributed by atoms with van der Waals surface area (Å²) in [7, 11) is 2.98. The lowest BCUT2D eigenvalue weighted by Crippen LogP contribution is -2.31. The molecule has 0 aromatic heterocycles. The van der Waals surface area contributed by atoms with Gasteiger partial charge in [-0.05, 0) is 24.1 Å². The Morgan fingerprint density at radius 3 is 2.63 bits per heavy atom. The summed E-state index contributed by atoms with van der Waals surface area (Å²) >= 11 is 11.9. The highest BCUT2D eigenvalue weighted by atomic mass is 35.5. The Morgan fingerprint density at radius 2 is 2.11 bits per heavy atom. The molecule has 1 amide bonds. The third-order valence-corrected chi connectivity index (χ3v) is 3.61. The average Bonchev–Trinajstić information content (AvgIpc) is 2.40. The number of rotatable bonds is 5. The van der Waals surface area contributed by atoms with Crippen LogP contribution < -0.4 is 0 Å². The van der Waals surface area contributed by atoms with E-state index in [2.05, 4.69) is 4.74 Å². The quantitative estimate of drug-likeness (QED) is 0.909. The Kier molecular flexibility index (Phi) is 6.42. The second-order valence-corrected chi connectivity index (χ2v) is 5.05. The highest BCUT2D eigenvalue weighted by molar-refractivity contribution is 6.42. The van der Waals surface area contributed by atoms with E-state index in [0.717, 1.165) is 5.56 Å². The number of amides is 1. The standard InChI is InChI=1S/C13H17Cl2NO3/c1-16(13(18)19-2)8-10(5-6-17)9-3-4-11(14)12(15)7-9/h3-4,7,10,17H,5-6,8H2,1-2H3/t10-/m1/s1. The van der Waals surface area contributed by atoms with Crippen LogP contribution in [-0.2, 0) is 4.74 Å². The van der Waals surface area contributed by atoms with E-state index < -0.39 is 6.09 Å². The zero-order chi connectivity index (χ0) is 14.4. The van der Waals surface area contributed by atoms with E-state index in [9.17, 15) is 4.79 Å². The van der Waals surface area contributed by atoms with Crippen LogP contribution in [0.5, 0.6) is 0 Å². The van der Waals surface area contributed by atoms with E-state index in [4.69, 9.17) is 28.3 Å². The van der Waals surface area contributed by atoms with Crippen molar-refractivity contribution in [2.24, 2.45) is 0 Å². The van der Waals surface area contributed by atoms with E-state index in [1.165, 1.54) is 12.0 Å². The van der Waals surface area contributed by atoms with Crippen LogP contribution in [0.3, 0.4) is 0 Å². The molecule has 0 radical (unpaired) electrons.